The van der Waals surface area contributed by atoms with E-state index in [1.54, 1.807) is 20.0 Å². The van der Waals surface area contributed by atoms with Gasteiger partial charge in [0.1, 0.15) is 11.6 Å². The molecular weight excluding hydrogens is 376 g/mol. The van der Waals surface area contributed by atoms with Crippen LogP contribution in [-0.2, 0) is 11.2 Å². The third kappa shape index (κ3) is 5.09. The second-order valence-electron chi connectivity index (χ2n) is 6.93. The summed E-state index contributed by atoms with van der Waals surface area (Å²) in [6, 6.07) is 15.2. The van der Waals surface area contributed by atoms with Crippen LogP contribution in [0.4, 0.5) is 5.69 Å². The first-order chi connectivity index (χ1) is 14.5. The molecule has 0 radical (unpaired) electrons. The molecule has 0 aliphatic heterocycles. The molecule has 0 bridgehead atoms. The molecule has 0 aliphatic carbocycles. The number of rotatable bonds is 6. The molecule has 1 aromatic carbocycles. The molecule has 0 fully saturated rings. The van der Waals surface area contributed by atoms with Gasteiger partial charge in [0.05, 0.1) is 5.69 Å². The Hall–Kier alpha value is -3.98. The third-order valence-electron chi connectivity index (χ3n) is 4.83. The summed E-state index contributed by atoms with van der Waals surface area (Å²) < 4.78 is 0. The minimum atomic E-state index is -0.392. The monoisotopic (exact) mass is 398 g/mol. The third-order valence-corrected chi connectivity index (χ3v) is 4.83. The van der Waals surface area contributed by atoms with Gasteiger partial charge in [-0.05, 0) is 67.3 Å². The molecule has 2 N–H and O–H groups in total. The standard InChI is InChI=1S/C24H22N4O2/c1-16-21(17(2)27-24(30)22(16)15-25)11-12-23(29)28-20-8-5-6-18(14-20)9-10-19-7-3-4-13-26-19/h3-10,13-14H,11-12H2,1-2H3,(H,27,30)(H,28,29)/b10-9+. The minimum Gasteiger partial charge on any atom is -0.326 e. The van der Waals surface area contributed by atoms with Crippen molar-refractivity contribution < 1.29 is 4.79 Å². The maximum atomic E-state index is 12.4. The zero-order chi connectivity index (χ0) is 21.5. The average molecular weight is 398 g/mol. The zero-order valence-electron chi connectivity index (χ0n) is 16.9. The van der Waals surface area contributed by atoms with Gasteiger partial charge in [0.2, 0.25) is 5.91 Å². The van der Waals surface area contributed by atoms with Crippen molar-refractivity contribution in [3.63, 3.8) is 0 Å². The number of hydrogen-bond acceptors (Lipinski definition) is 4. The van der Waals surface area contributed by atoms with Crippen molar-refractivity contribution in [3.8, 4) is 6.07 Å². The molecule has 0 spiro atoms. The SMILES string of the molecule is Cc1[nH]c(=O)c(C#N)c(C)c1CCC(=O)Nc1cccc(/C=C/c2ccccn2)c1. The van der Waals surface area contributed by atoms with Crippen LogP contribution in [0.15, 0.2) is 53.5 Å². The molecular formula is C24H22N4O2. The molecule has 6 heteroatoms. The summed E-state index contributed by atoms with van der Waals surface area (Å²) >= 11 is 0. The molecule has 0 aliphatic rings. The Bertz CT molecular complexity index is 1190. The Balaban J connectivity index is 1.66. The average Bonchev–Trinajstić information content (AvgIpc) is 2.73. The van der Waals surface area contributed by atoms with Gasteiger partial charge in [0.25, 0.3) is 5.56 Å². The Kier molecular flexibility index (Phi) is 6.56. The fourth-order valence-electron chi connectivity index (χ4n) is 3.26. The van der Waals surface area contributed by atoms with Crippen molar-refractivity contribution in [2.45, 2.75) is 26.7 Å². The van der Waals surface area contributed by atoms with Crippen LogP contribution in [0.25, 0.3) is 12.2 Å². The molecule has 0 unspecified atom stereocenters. The van der Waals surface area contributed by atoms with Crippen molar-refractivity contribution in [3.05, 3.63) is 92.7 Å². The van der Waals surface area contributed by atoms with Crippen molar-refractivity contribution in [1.82, 2.24) is 9.97 Å². The first-order valence-electron chi connectivity index (χ1n) is 9.59. The van der Waals surface area contributed by atoms with Crippen molar-refractivity contribution in [2.75, 3.05) is 5.32 Å². The second kappa shape index (κ2) is 9.48. The Morgan fingerprint density at radius 2 is 2.03 bits per heavy atom. The number of benzene rings is 1. The van der Waals surface area contributed by atoms with E-state index in [2.05, 4.69) is 15.3 Å². The molecule has 2 heterocycles. The molecule has 0 atom stereocenters. The van der Waals surface area contributed by atoms with E-state index >= 15 is 0 Å². The van der Waals surface area contributed by atoms with E-state index in [4.69, 9.17) is 0 Å². The van der Waals surface area contributed by atoms with Gasteiger partial charge in [-0.1, -0.05) is 24.3 Å². The summed E-state index contributed by atoms with van der Waals surface area (Å²) in [4.78, 5) is 31.2. The van der Waals surface area contributed by atoms with E-state index in [0.29, 0.717) is 23.4 Å². The number of pyridine rings is 2. The van der Waals surface area contributed by atoms with Crippen molar-refractivity contribution in [2.24, 2.45) is 0 Å². The molecule has 0 saturated heterocycles. The van der Waals surface area contributed by atoms with Crippen LogP contribution in [0.3, 0.4) is 0 Å². The van der Waals surface area contributed by atoms with Gasteiger partial charge in [-0.3, -0.25) is 14.6 Å². The van der Waals surface area contributed by atoms with E-state index < -0.39 is 5.56 Å². The lowest BCUT2D eigenvalue weighted by Gasteiger charge is -2.11. The molecule has 6 nitrogen and oxygen atoms in total. The number of anilines is 1. The van der Waals surface area contributed by atoms with Gasteiger partial charge < -0.3 is 10.3 Å². The molecule has 0 saturated carbocycles. The van der Waals surface area contributed by atoms with Crippen LogP contribution in [0.2, 0.25) is 0 Å². The molecule has 30 heavy (non-hydrogen) atoms. The highest BCUT2D eigenvalue weighted by Gasteiger charge is 2.13. The zero-order valence-corrected chi connectivity index (χ0v) is 16.9. The topological polar surface area (TPSA) is 98.6 Å². The van der Waals surface area contributed by atoms with Crippen LogP contribution in [0, 0.1) is 25.2 Å². The normalized spacial score (nSPS) is 10.7. The number of H-pyrrole nitrogens is 1. The maximum Gasteiger partial charge on any atom is 0.266 e. The number of carbonyl (C=O) groups excluding carboxylic acids is 1. The van der Waals surface area contributed by atoms with E-state index in [1.807, 2.05) is 60.7 Å². The summed E-state index contributed by atoms with van der Waals surface area (Å²) in [6.07, 6.45) is 6.27. The number of nitriles is 1. The first kappa shape index (κ1) is 20.7. The molecule has 2 aromatic heterocycles. The van der Waals surface area contributed by atoms with E-state index in [0.717, 1.165) is 16.8 Å². The molecule has 3 aromatic rings. The Morgan fingerprint density at radius 1 is 1.20 bits per heavy atom. The van der Waals surface area contributed by atoms with Crippen LogP contribution >= 0.6 is 0 Å². The van der Waals surface area contributed by atoms with Gasteiger partial charge in [-0.25, -0.2) is 0 Å². The van der Waals surface area contributed by atoms with Gasteiger partial charge in [0.15, 0.2) is 0 Å². The summed E-state index contributed by atoms with van der Waals surface area (Å²) in [5.41, 5.74) is 4.36. The summed E-state index contributed by atoms with van der Waals surface area (Å²) in [6.45, 7) is 3.52. The van der Waals surface area contributed by atoms with Crippen LogP contribution in [-0.4, -0.2) is 15.9 Å². The summed E-state index contributed by atoms with van der Waals surface area (Å²) in [5, 5.41) is 12.1. The second-order valence-corrected chi connectivity index (χ2v) is 6.93. The lowest BCUT2D eigenvalue weighted by atomic mass is 9.99. The molecule has 3 rings (SSSR count). The maximum absolute atomic E-state index is 12.4. The number of aromatic amines is 1. The lowest BCUT2D eigenvalue weighted by Crippen LogP contribution is -2.18. The van der Waals surface area contributed by atoms with Gasteiger partial charge >= 0.3 is 0 Å². The molecule has 1 amide bonds. The highest BCUT2D eigenvalue weighted by atomic mass is 16.1. The van der Waals surface area contributed by atoms with Gasteiger partial charge in [0, 0.05) is 24.0 Å². The number of amides is 1. The number of aromatic nitrogens is 2. The number of nitrogens with zero attached hydrogens (tertiary/aromatic N) is 2. The fraction of sp³-hybridized carbons (Fsp3) is 0.167. The van der Waals surface area contributed by atoms with Crippen molar-refractivity contribution in [1.29, 1.82) is 5.26 Å². The highest BCUT2D eigenvalue weighted by Crippen LogP contribution is 2.17. The highest BCUT2D eigenvalue weighted by molar-refractivity contribution is 5.91. The van der Waals surface area contributed by atoms with Crippen molar-refractivity contribution >= 4 is 23.7 Å². The van der Waals surface area contributed by atoms with E-state index in [1.165, 1.54) is 0 Å². The Labute approximate surface area is 174 Å². The smallest absolute Gasteiger partial charge is 0.266 e. The van der Waals surface area contributed by atoms with Gasteiger partial charge in [-0.15, -0.1) is 0 Å². The van der Waals surface area contributed by atoms with Gasteiger partial charge in [-0.2, -0.15) is 5.26 Å². The fourth-order valence-corrected chi connectivity index (χ4v) is 3.26. The van der Waals surface area contributed by atoms with E-state index in [9.17, 15) is 14.9 Å². The first-order valence-corrected chi connectivity index (χ1v) is 9.59. The van der Waals surface area contributed by atoms with Crippen LogP contribution < -0.4 is 10.9 Å². The van der Waals surface area contributed by atoms with Crippen LogP contribution in [0.5, 0.6) is 0 Å². The number of aryl methyl sites for hydroxylation is 1. The number of nitrogens with one attached hydrogen (secondary N) is 2. The minimum absolute atomic E-state index is 0.100. The number of carbonyl (C=O) groups is 1. The lowest BCUT2D eigenvalue weighted by molar-refractivity contribution is -0.116. The van der Waals surface area contributed by atoms with Crippen LogP contribution in [0.1, 0.15) is 40.1 Å². The number of hydrogen-bond donors (Lipinski definition) is 2. The predicted octanol–water partition coefficient (Wildman–Crippen LogP) is 4.00. The predicted molar refractivity (Wildman–Crippen MR) is 118 cm³/mol. The quantitative estimate of drug-likeness (QED) is 0.656. The largest absolute Gasteiger partial charge is 0.326 e. The summed E-state index contributed by atoms with van der Waals surface area (Å²) in [5.74, 6) is -0.135. The summed E-state index contributed by atoms with van der Waals surface area (Å²) in [7, 11) is 0. The Morgan fingerprint density at radius 3 is 2.77 bits per heavy atom. The molecule has 150 valence electrons. The van der Waals surface area contributed by atoms with E-state index in [-0.39, 0.29) is 17.9 Å².